The molecule has 4 heteroatoms. The van der Waals surface area contributed by atoms with E-state index >= 15 is 0 Å². The number of thiazole rings is 1. The molecule has 155 valence electrons. The fourth-order valence-corrected chi connectivity index (χ4v) is 4.55. The van der Waals surface area contributed by atoms with Gasteiger partial charge < -0.3 is 4.90 Å². The van der Waals surface area contributed by atoms with Gasteiger partial charge in [-0.3, -0.25) is 4.79 Å². The highest BCUT2D eigenvalue weighted by atomic mass is 32.1. The van der Waals surface area contributed by atoms with Crippen LogP contribution in [-0.2, 0) is 13.0 Å². The van der Waals surface area contributed by atoms with Crippen molar-refractivity contribution in [2.75, 3.05) is 0 Å². The normalized spacial score (nSPS) is 11.8. The molecule has 1 atom stereocenters. The summed E-state index contributed by atoms with van der Waals surface area (Å²) in [5.74, 6) is -0.0806. The molecule has 0 aliphatic carbocycles. The molecular weight excluding hydrogens is 400 g/mol. The summed E-state index contributed by atoms with van der Waals surface area (Å²) in [5, 5.41) is 0.880. The van der Waals surface area contributed by atoms with Crippen molar-refractivity contribution in [3.8, 4) is 10.4 Å². The third-order valence-electron chi connectivity index (χ3n) is 5.18. The molecule has 1 aromatic heterocycles. The lowest BCUT2D eigenvalue weighted by Gasteiger charge is -2.29. The van der Waals surface area contributed by atoms with Crippen LogP contribution in [0.5, 0.6) is 0 Å². The second kappa shape index (κ2) is 9.71. The maximum atomic E-state index is 13.8. The van der Waals surface area contributed by atoms with Crippen molar-refractivity contribution in [1.29, 1.82) is 0 Å². The minimum atomic E-state index is -0.222. The quantitative estimate of drug-likeness (QED) is 0.353. The molecule has 3 aromatic carbocycles. The molecule has 1 heterocycles. The molecule has 0 N–H and O–H groups in total. The molecule has 0 aliphatic heterocycles. The summed E-state index contributed by atoms with van der Waals surface area (Å²) < 4.78 is 0. The van der Waals surface area contributed by atoms with Crippen molar-refractivity contribution >= 4 is 17.2 Å². The van der Waals surface area contributed by atoms with Crippen molar-refractivity contribution in [3.63, 3.8) is 0 Å². The first-order chi connectivity index (χ1) is 15.1. The molecule has 0 aliphatic rings. The van der Waals surface area contributed by atoms with E-state index in [0.717, 1.165) is 26.6 Å². The van der Waals surface area contributed by atoms with E-state index in [0.29, 0.717) is 18.7 Å². The molecule has 0 bridgehead atoms. The first-order valence-corrected chi connectivity index (χ1v) is 11.2. The molecule has 3 nitrogen and oxygen atoms in total. The van der Waals surface area contributed by atoms with Gasteiger partial charge in [-0.1, -0.05) is 91.0 Å². The summed E-state index contributed by atoms with van der Waals surface area (Å²) in [5.41, 5.74) is 3.75. The monoisotopic (exact) mass is 425 g/mol. The Morgan fingerprint density at radius 3 is 2.06 bits per heavy atom. The molecule has 0 saturated heterocycles. The maximum Gasteiger partial charge on any atom is 0.274 e. The highest BCUT2D eigenvalue weighted by Crippen LogP contribution is 2.31. The maximum absolute atomic E-state index is 13.8. The van der Waals surface area contributed by atoms with Crippen molar-refractivity contribution in [2.45, 2.75) is 25.9 Å². The van der Waals surface area contributed by atoms with E-state index in [-0.39, 0.29) is 11.9 Å². The Morgan fingerprint density at radius 2 is 1.45 bits per heavy atom. The van der Waals surface area contributed by atoms with Gasteiger partial charge in [-0.25, -0.2) is 4.98 Å². The van der Waals surface area contributed by atoms with Gasteiger partial charge in [-0.05, 0) is 37.0 Å². The number of hydrogen-bond donors (Lipinski definition) is 0. The summed E-state index contributed by atoms with van der Waals surface area (Å²) in [6, 6.07) is 30.0. The average molecular weight is 426 g/mol. The van der Waals surface area contributed by atoms with Crippen LogP contribution in [0.3, 0.4) is 0 Å². The highest BCUT2D eigenvalue weighted by Gasteiger charge is 2.27. The van der Waals surface area contributed by atoms with Gasteiger partial charge in [0.05, 0.1) is 9.88 Å². The van der Waals surface area contributed by atoms with Gasteiger partial charge in [0.25, 0.3) is 5.91 Å². The second-order valence-electron chi connectivity index (χ2n) is 7.54. The van der Waals surface area contributed by atoms with Gasteiger partial charge in [0.15, 0.2) is 0 Å². The number of carbonyl (C=O) groups excluding carboxylic acids is 1. The number of benzene rings is 3. The zero-order chi connectivity index (χ0) is 21.6. The summed E-state index contributed by atoms with van der Waals surface area (Å²) in [7, 11) is 0. The topological polar surface area (TPSA) is 33.2 Å². The Hall–Kier alpha value is -3.24. The van der Waals surface area contributed by atoms with Crippen LogP contribution in [0.25, 0.3) is 10.4 Å². The van der Waals surface area contributed by atoms with Gasteiger partial charge in [-0.2, -0.15) is 0 Å². The molecule has 4 rings (SSSR count). The van der Waals surface area contributed by atoms with Crippen LogP contribution in [-0.4, -0.2) is 21.8 Å². The van der Waals surface area contributed by atoms with Gasteiger partial charge in [0.1, 0.15) is 5.69 Å². The van der Waals surface area contributed by atoms with Crippen LogP contribution in [0, 0.1) is 13.8 Å². The molecule has 4 aromatic rings. The van der Waals surface area contributed by atoms with Crippen LogP contribution in [0.4, 0.5) is 0 Å². The Bertz CT molecular complexity index is 1120. The fourth-order valence-electron chi connectivity index (χ4n) is 3.64. The Labute approximate surface area is 188 Å². The third kappa shape index (κ3) is 5.09. The van der Waals surface area contributed by atoms with E-state index in [2.05, 4.69) is 24.0 Å². The lowest BCUT2D eigenvalue weighted by atomic mass is 10.0. The molecule has 0 unspecified atom stereocenters. The van der Waals surface area contributed by atoms with Crippen LogP contribution in [0.15, 0.2) is 91.0 Å². The molecule has 0 fully saturated rings. The predicted molar refractivity (Wildman–Crippen MR) is 128 cm³/mol. The first-order valence-electron chi connectivity index (χ1n) is 10.4. The van der Waals surface area contributed by atoms with E-state index in [1.807, 2.05) is 90.7 Å². The summed E-state index contributed by atoms with van der Waals surface area (Å²) in [6.07, 6.45) is 0.684. The molecule has 1 radical (unpaired) electrons. The number of aromatic nitrogens is 1. The Balaban J connectivity index is 1.69. The van der Waals surface area contributed by atoms with Crippen LogP contribution in [0.1, 0.15) is 26.6 Å². The van der Waals surface area contributed by atoms with Gasteiger partial charge in [-0.15, -0.1) is 11.3 Å². The minimum Gasteiger partial charge on any atom is -0.330 e. The van der Waals surface area contributed by atoms with Crippen molar-refractivity contribution in [2.24, 2.45) is 0 Å². The predicted octanol–water partition coefficient (Wildman–Crippen LogP) is 6.21. The SMILES string of the molecule is [CH2][C@@H](Cc1ccccc1)N(Cc1ccccc1)C(=O)c1nc(C)sc1-c1ccccc1. The highest BCUT2D eigenvalue weighted by molar-refractivity contribution is 7.15. The largest absolute Gasteiger partial charge is 0.330 e. The van der Waals surface area contributed by atoms with Crippen molar-refractivity contribution in [1.82, 2.24) is 9.88 Å². The number of rotatable bonds is 7. The van der Waals surface area contributed by atoms with Gasteiger partial charge in [0.2, 0.25) is 0 Å². The van der Waals surface area contributed by atoms with E-state index in [4.69, 9.17) is 0 Å². The minimum absolute atomic E-state index is 0.0806. The lowest BCUT2D eigenvalue weighted by Crippen LogP contribution is -2.40. The summed E-state index contributed by atoms with van der Waals surface area (Å²) in [6.45, 7) is 6.80. The molecule has 0 spiro atoms. The Morgan fingerprint density at radius 1 is 0.903 bits per heavy atom. The number of hydrogen-bond acceptors (Lipinski definition) is 3. The zero-order valence-corrected chi connectivity index (χ0v) is 18.4. The fraction of sp³-hybridized carbons (Fsp3) is 0.148. The van der Waals surface area contributed by atoms with E-state index in [1.165, 1.54) is 0 Å². The van der Waals surface area contributed by atoms with Crippen LogP contribution >= 0.6 is 11.3 Å². The number of nitrogens with zero attached hydrogens (tertiary/aromatic N) is 2. The molecule has 0 saturated carbocycles. The standard InChI is InChI=1S/C27H25N2OS/c1-20(18-22-12-6-3-7-13-22)29(19-23-14-8-4-9-15-23)27(30)25-26(31-21(2)28-25)24-16-10-5-11-17-24/h3-17,20H,1,18-19H2,2H3/t20-/m0/s1. The Kier molecular flexibility index (Phi) is 6.58. The van der Waals surface area contributed by atoms with Crippen LogP contribution < -0.4 is 0 Å². The van der Waals surface area contributed by atoms with Gasteiger partial charge >= 0.3 is 0 Å². The lowest BCUT2D eigenvalue weighted by molar-refractivity contribution is 0.0691. The second-order valence-corrected chi connectivity index (χ2v) is 8.74. The molecular formula is C27H25N2OS. The number of amides is 1. The van der Waals surface area contributed by atoms with E-state index < -0.39 is 0 Å². The summed E-state index contributed by atoms with van der Waals surface area (Å²) >= 11 is 1.56. The number of carbonyl (C=O) groups is 1. The third-order valence-corrected chi connectivity index (χ3v) is 6.20. The molecule has 31 heavy (non-hydrogen) atoms. The van der Waals surface area contributed by atoms with Crippen LogP contribution in [0.2, 0.25) is 0 Å². The van der Waals surface area contributed by atoms with Crippen molar-refractivity contribution in [3.05, 3.63) is 120 Å². The average Bonchev–Trinajstić information content (AvgIpc) is 3.20. The van der Waals surface area contributed by atoms with Crippen molar-refractivity contribution < 1.29 is 4.79 Å². The zero-order valence-electron chi connectivity index (χ0n) is 17.6. The molecule has 1 amide bonds. The number of aryl methyl sites for hydroxylation is 1. The van der Waals surface area contributed by atoms with E-state index in [1.54, 1.807) is 11.3 Å². The first kappa shape index (κ1) is 21.0. The smallest absolute Gasteiger partial charge is 0.274 e. The van der Waals surface area contributed by atoms with Gasteiger partial charge in [0, 0.05) is 12.6 Å². The van der Waals surface area contributed by atoms with E-state index in [9.17, 15) is 4.79 Å². The summed E-state index contributed by atoms with van der Waals surface area (Å²) in [4.78, 5) is 21.2.